The third-order valence-corrected chi connectivity index (χ3v) is 3.49. The van der Waals surface area contributed by atoms with Crippen molar-refractivity contribution in [2.24, 2.45) is 0 Å². The highest BCUT2D eigenvalue weighted by molar-refractivity contribution is 5.35. The van der Waals surface area contributed by atoms with Crippen LogP contribution in [0.2, 0.25) is 0 Å². The number of imidazole rings is 1. The van der Waals surface area contributed by atoms with Crippen LogP contribution in [-0.2, 0) is 6.61 Å². The maximum atomic E-state index is 13.3. The lowest BCUT2D eigenvalue weighted by Gasteiger charge is -2.14. The van der Waals surface area contributed by atoms with E-state index in [2.05, 4.69) is 9.55 Å². The molecule has 1 aliphatic carbocycles. The van der Waals surface area contributed by atoms with Crippen LogP contribution >= 0.6 is 0 Å². The van der Waals surface area contributed by atoms with Crippen molar-refractivity contribution in [3.8, 4) is 5.75 Å². The molecule has 0 spiro atoms. The number of hydrogen-bond donors (Lipinski definition) is 1. The molecule has 5 heteroatoms. The molecule has 1 atom stereocenters. The van der Waals surface area contributed by atoms with Gasteiger partial charge in [-0.15, -0.1) is 0 Å². The topological polar surface area (TPSA) is 47.3 Å². The van der Waals surface area contributed by atoms with Gasteiger partial charge in [0.2, 0.25) is 0 Å². The molecule has 3 rings (SSSR count). The molecule has 0 unspecified atom stereocenters. The summed E-state index contributed by atoms with van der Waals surface area (Å²) < 4.78 is 21.1. The summed E-state index contributed by atoms with van der Waals surface area (Å²) in [5, 5.41) is 9.69. The van der Waals surface area contributed by atoms with Crippen LogP contribution in [0.25, 0.3) is 0 Å². The maximum Gasteiger partial charge on any atom is 0.130 e. The third kappa shape index (κ3) is 2.67. The number of hydrogen-bond acceptors (Lipinski definition) is 3. The first-order valence-corrected chi connectivity index (χ1v) is 6.76. The van der Waals surface area contributed by atoms with Crippen LogP contribution < -0.4 is 4.74 Å². The molecule has 1 aliphatic rings. The summed E-state index contributed by atoms with van der Waals surface area (Å²) in [5.41, 5.74) is 1.55. The Balaban J connectivity index is 1.77. The molecule has 1 N–H and O–H groups in total. The van der Waals surface area contributed by atoms with Gasteiger partial charge in [-0.25, -0.2) is 9.37 Å². The van der Waals surface area contributed by atoms with Gasteiger partial charge in [-0.05, 0) is 31.9 Å². The predicted octanol–water partition coefficient (Wildman–Crippen LogP) is 2.99. The number of benzene rings is 1. The van der Waals surface area contributed by atoms with Gasteiger partial charge < -0.3 is 14.4 Å². The van der Waals surface area contributed by atoms with Gasteiger partial charge in [-0.3, -0.25) is 0 Å². The van der Waals surface area contributed by atoms with Crippen molar-refractivity contribution in [3.05, 3.63) is 47.8 Å². The van der Waals surface area contributed by atoms with Gasteiger partial charge in [0.25, 0.3) is 0 Å². The normalized spacial score (nSPS) is 16.1. The van der Waals surface area contributed by atoms with Gasteiger partial charge in [0, 0.05) is 17.7 Å². The van der Waals surface area contributed by atoms with E-state index in [9.17, 15) is 9.50 Å². The second-order valence-corrected chi connectivity index (χ2v) is 5.17. The van der Waals surface area contributed by atoms with Crippen molar-refractivity contribution in [3.63, 3.8) is 0 Å². The minimum atomic E-state index is -0.695. The molecule has 0 saturated heterocycles. The van der Waals surface area contributed by atoms with E-state index in [0.717, 1.165) is 5.69 Å². The van der Waals surface area contributed by atoms with Gasteiger partial charge in [-0.2, -0.15) is 0 Å². The lowest BCUT2D eigenvalue weighted by Crippen LogP contribution is -2.06. The van der Waals surface area contributed by atoms with Crippen molar-refractivity contribution < 1.29 is 14.2 Å². The van der Waals surface area contributed by atoms with Gasteiger partial charge in [-0.1, -0.05) is 0 Å². The molecule has 1 aromatic carbocycles. The SMILES string of the molecule is C[C@@H](O)c1ccc(F)cc1OCc1cncn1C1CC1. The molecule has 0 radical (unpaired) electrons. The van der Waals surface area contributed by atoms with E-state index < -0.39 is 6.10 Å². The van der Waals surface area contributed by atoms with E-state index in [-0.39, 0.29) is 5.82 Å². The Labute approximate surface area is 116 Å². The van der Waals surface area contributed by atoms with Crippen molar-refractivity contribution in [1.29, 1.82) is 0 Å². The van der Waals surface area contributed by atoms with Crippen LogP contribution in [0.1, 0.15) is 43.2 Å². The third-order valence-electron chi connectivity index (χ3n) is 3.49. The van der Waals surface area contributed by atoms with E-state index in [1.54, 1.807) is 25.5 Å². The zero-order valence-corrected chi connectivity index (χ0v) is 11.3. The number of aromatic nitrogens is 2. The molecule has 4 nitrogen and oxygen atoms in total. The van der Waals surface area contributed by atoms with Crippen LogP contribution in [0.15, 0.2) is 30.7 Å². The molecule has 106 valence electrons. The summed E-state index contributed by atoms with van der Waals surface area (Å²) in [5.74, 6) is 0.00338. The van der Waals surface area contributed by atoms with Crippen LogP contribution in [0, 0.1) is 5.82 Å². The number of ether oxygens (including phenoxy) is 1. The van der Waals surface area contributed by atoms with Crippen molar-refractivity contribution in [2.45, 2.75) is 38.5 Å². The summed E-state index contributed by atoms with van der Waals surface area (Å²) in [4.78, 5) is 4.13. The lowest BCUT2D eigenvalue weighted by molar-refractivity contribution is 0.189. The molecule has 1 aromatic heterocycles. The van der Waals surface area contributed by atoms with Crippen molar-refractivity contribution in [1.82, 2.24) is 9.55 Å². The molecular formula is C15H17FN2O2. The molecule has 0 bridgehead atoms. The van der Waals surface area contributed by atoms with E-state index in [0.29, 0.717) is 24.0 Å². The minimum Gasteiger partial charge on any atom is -0.487 e. The van der Waals surface area contributed by atoms with Gasteiger partial charge in [0.05, 0.1) is 24.3 Å². The van der Waals surface area contributed by atoms with E-state index in [1.807, 2.05) is 0 Å². The number of aliphatic hydroxyl groups is 1. The molecule has 0 amide bonds. The molecule has 1 saturated carbocycles. The van der Waals surface area contributed by atoms with Gasteiger partial charge in [0.15, 0.2) is 0 Å². The number of halogens is 1. The Morgan fingerprint density at radius 1 is 1.50 bits per heavy atom. The molecular weight excluding hydrogens is 259 g/mol. The Bertz CT molecular complexity index is 606. The molecule has 1 fully saturated rings. The van der Waals surface area contributed by atoms with Gasteiger partial charge >= 0.3 is 0 Å². The van der Waals surface area contributed by atoms with Crippen molar-refractivity contribution >= 4 is 0 Å². The number of aliphatic hydroxyl groups excluding tert-OH is 1. The zero-order chi connectivity index (χ0) is 14.1. The fourth-order valence-corrected chi connectivity index (χ4v) is 2.26. The predicted molar refractivity (Wildman–Crippen MR) is 71.9 cm³/mol. The second-order valence-electron chi connectivity index (χ2n) is 5.17. The highest BCUT2D eigenvalue weighted by Crippen LogP contribution is 2.36. The van der Waals surface area contributed by atoms with Gasteiger partial charge in [0.1, 0.15) is 18.2 Å². The molecule has 20 heavy (non-hydrogen) atoms. The number of nitrogens with zero attached hydrogens (tertiary/aromatic N) is 2. The summed E-state index contributed by atoms with van der Waals surface area (Å²) >= 11 is 0. The quantitative estimate of drug-likeness (QED) is 0.913. The van der Waals surface area contributed by atoms with Crippen LogP contribution in [0.5, 0.6) is 5.75 Å². The smallest absolute Gasteiger partial charge is 0.130 e. The second kappa shape index (κ2) is 5.25. The fraction of sp³-hybridized carbons (Fsp3) is 0.400. The lowest BCUT2D eigenvalue weighted by atomic mass is 10.1. The summed E-state index contributed by atoms with van der Waals surface area (Å²) in [6.07, 6.45) is 5.21. The minimum absolute atomic E-state index is 0.319. The summed E-state index contributed by atoms with van der Waals surface area (Å²) in [7, 11) is 0. The Hall–Kier alpha value is -1.88. The Morgan fingerprint density at radius 2 is 2.30 bits per heavy atom. The molecule has 2 aromatic rings. The first-order chi connectivity index (χ1) is 9.65. The maximum absolute atomic E-state index is 13.3. The van der Waals surface area contributed by atoms with Crippen LogP contribution in [0.4, 0.5) is 4.39 Å². The average molecular weight is 276 g/mol. The van der Waals surface area contributed by atoms with E-state index >= 15 is 0 Å². The zero-order valence-electron chi connectivity index (χ0n) is 11.3. The van der Waals surface area contributed by atoms with E-state index in [1.165, 1.54) is 25.0 Å². The first kappa shape index (κ1) is 13.1. The van der Waals surface area contributed by atoms with Crippen molar-refractivity contribution in [2.75, 3.05) is 0 Å². The number of rotatable bonds is 5. The largest absolute Gasteiger partial charge is 0.487 e. The highest BCUT2D eigenvalue weighted by Gasteiger charge is 2.25. The first-order valence-electron chi connectivity index (χ1n) is 6.76. The average Bonchev–Trinajstić information content (AvgIpc) is 3.15. The van der Waals surface area contributed by atoms with E-state index in [4.69, 9.17) is 4.74 Å². The molecule has 1 heterocycles. The standard InChI is InChI=1S/C15H17FN2O2/c1-10(19)14-5-2-11(16)6-15(14)20-8-13-7-17-9-18(13)12-3-4-12/h2,5-7,9-10,12,19H,3-4,8H2,1H3/t10-/m1/s1. The Kier molecular flexibility index (Phi) is 3.44. The summed E-state index contributed by atoms with van der Waals surface area (Å²) in [6.45, 7) is 1.95. The monoisotopic (exact) mass is 276 g/mol. The highest BCUT2D eigenvalue weighted by atomic mass is 19.1. The molecule has 0 aliphatic heterocycles. The Morgan fingerprint density at radius 3 is 3.00 bits per heavy atom. The fourth-order valence-electron chi connectivity index (χ4n) is 2.26. The van der Waals surface area contributed by atoms with Crippen LogP contribution in [-0.4, -0.2) is 14.7 Å². The van der Waals surface area contributed by atoms with Crippen LogP contribution in [0.3, 0.4) is 0 Å². The summed E-state index contributed by atoms with van der Waals surface area (Å²) in [6, 6.07) is 4.70.